The van der Waals surface area contributed by atoms with E-state index in [-0.39, 0.29) is 36.2 Å². The average molecular weight is 586 g/mol. The minimum Gasteiger partial charge on any atom is -0.467 e. The molecule has 8 nitrogen and oxygen atoms in total. The molecule has 1 atom stereocenters. The number of carbonyl (C=O) groups is 2. The van der Waals surface area contributed by atoms with Gasteiger partial charge in [0.05, 0.1) is 17.7 Å². The highest BCUT2D eigenvalue weighted by Gasteiger charge is 2.32. The van der Waals surface area contributed by atoms with Gasteiger partial charge in [-0.25, -0.2) is 8.42 Å². The zero-order valence-electron chi connectivity index (χ0n) is 23.4. The van der Waals surface area contributed by atoms with Gasteiger partial charge in [-0.2, -0.15) is 4.31 Å². The Morgan fingerprint density at radius 3 is 2.14 bits per heavy atom. The van der Waals surface area contributed by atoms with Gasteiger partial charge in [0.15, 0.2) is 0 Å². The fourth-order valence-electron chi connectivity index (χ4n) is 5.20. The van der Waals surface area contributed by atoms with Crippen LogP contribution in [0.4, 0.5) is 0 Å². The van der Waals surface area contributed by atoms with Crippen molar-refractivity contribution in [3.8, 4) is 0 Å². The Labute approximate surface area is 247 Å². The summed E-state index contributed by atoms with van der Waals surface area (Å²) in [6, 6.07) is 28.3. The molecule has 1 saturated heterocycles. The summed E-state index contributed by atoms with van der Waals surface area (Å²) >= 11 is 0. The van der Waals surface area contributed by atoms with Gasteiger partial charge in [-0.1, -0.05) is 72.8 Å². The number of hydrogen-bond acceptors (Lipinski definition) is 5. The van der Waals surface area contributed by atoms with Crippen LogP contribution in [-0.4, -0.2) is 42.5 Å². The summed E-state index contributed by atoms with van der Waals surface area (Å²) < 4.78 is 32.7. The van der Waals surface area contributed by atoms with Crippen molar-refractivity contribution >= 4 is 21.8 Å². The molecular formula is C33H35N3O5S. The van der Waals surface area contributed by atoms with Crippen LogP contribution in [0.15, 0.2) is 113 Å². The van der Waals surface area contributed by atoms with E-state index >= 15 is 0 Å². The first-order valence-electron chi connectivity index (χ1n) is 14.2. The Bertz CT molecular complexity index is 1550. The van der Waals surface area contributed by atoms with E-state index in [1.807, 2.05) is 60.7 Å². The van der Waals surface area contributed by atoms with Gasteiger partial charge < -0.3 is 14.6 Å². The van der Waals surface area contributed by atoms with E-state index in [0.717, 1.165) is 24.0 Å². The Morgan fingerprint density at radius 2 is 1.50 bits per heavy atom. The third-order valence-electron chi connectivity index (χ3n) is 7.46. The SMILES string of the molecule is O=C(NCc1ccco1)[C@H](c1ccccc1)N(Cc1ccccc1)C(=O)CCc1ccc(S(=O)(=O)N2CCCC2)cc1. The minimum atomic E-state index is -3.50. The summed E-state index contributed by atoms with van der Waals surface area (Å²) in [6.45, 7) is 1.55. The van der Waals surface area contributed by atoms with E-state index in [0.29, 0.717) is 30.8 Å². The molecule has 1 N–H and O–H groups in total. The van der Waals surface area contributed by atoms with E-state index in [1.54, 1.807) is 47.6 Å². The van der Waals surface area contributed by atoms with Crippen LogP contribution in [-0.2, 0) is 39.1 Å². The molecule has 0 radical (unpaired) electrons. The topological polar surface area (TPSA) is 99.9 Å². The van der Waals surface area contributed by atoms with E-state index in [1.165, 1.54) is 4.31 Å². The predicted octanol–water partition coefficient (Wildman–Crippen LogP) is 5.08. The molecule has 2 heterocycles. The fourth-order valence-corrected chi connectivity index (χ4v) is 6.71. The monoisotopic (exact) mass is 585 g/mol. The first-order chi connectivity index (χ1) is 20.4. The van der Waals surface area contributed by atoms with Crippen molar-refractivity contribution in [2.24, 2.45) is 0 Å². The fraction of sp³-hybridized carbons (Fsp3) is 0.273. The highest BCUT2D eigenvalue weighted by molar-refractivity contribution is 7.89. The van der Waals surface area contributed by atoms with Crippen molar-refractivity contribution in [2.45, 2.75) is 49.7 Å². The number of nitrogens with one attached hydrogen (secondary N) is 1. The van der Waals surface area contributed by atoms with Gasteiger partial charge in [0, 0.05) is 26.1 Å². The van der Waals surface area contributed by atoms with Crippen molar-refractivity contribution in [2.75, 3.05) is 13.1 Å². The summed E-state index contributed by atoms with van der Waals surface area (Å²) in [5, 5.41) is 2.93. The first-order valence-corrected chi connectivity index (χ1v) is 15.6. The lowest BCUT2D eigenvalue weighted by molar-refractivity contribution is -0.141. The standard InChI is InChI=1S/C33H35N3O5S/c37-31(20-17-26-15-18-30(19-16-26)42(39,40)35-21-7-8-22-35)36(25-27-10-3-1-4-11-27)32(28-12-5-2-6-13-28)33(38)34-24-29-14-9-23-41-29/h1-6,9-16,18-19,23,32H,7-8,17,20-22,24-25H2,(H,34,38)/t32-/m0/s1. The molecule has 0 unspecified atom stereocenters. The lowest BCUT2D eigenvalue weighted by Crippen LogP contribution is -2.43. The molecule has 1 aliphatic heterocycles. The Morgan fingerprint density at radius 1 is 0.833 bits per heavy atom. The number of sulfonamides is 1. The summed E-state index contributed by atoms with van der Waals surface area (Å²) in [5.41, 5.74) is 2.46. The minimum absolute atomic E-state index is 0.153. The molecule has 42 heavy (non-hydrogen) atoms. The highest BCUT2D eigenvalue weighted by atomic mass is 32.2. The highest BCUT2D eigenvalue weighted by Crippen LogP contribution is 2.26. The van der Waals surface area contributed by atoms with Gasteiger partial charge >= 0.3 is 0 Å². The second kappa shape index (κ2) is 13.6. The molecular weight excluding hydrogens is 550 g/mol. The number of benzene rings is 3. The molecule has 0 aliphatic carbocycles. The third-order valence-corrected chi connectivity index (χ3v) is 9.37. The Kier molecular flexibility index (Phi) is 9.51. The molecule has 1 aromatic heterocycles. The largest absolute Gasteiger partial charge is 0.467 e. The molecule has 2 amide bonds. The van der Waals surface area contributed by atoms with Gasteiger partial charge in [-0.05, 0) is 60.2 Å². The van der Waals surface area contributed by atoms with Crippen molar-refractivity contribution in [1.29, 1.82) is 0 Å². The average Bonchev–Trinajstić information content (AvgIpc) is 3.75. The number of rotatable bonds is 12. The van der Waals surface area contributed by atoms with Gasteiger partial charge in [0.2, 0.25) is 21.8 Å². The van der Waals surface area contributed by atoms with E-state index in [9.17, 15) is 18.0 Å². The molecule has 3 aromatic carbocycles. The lowest BCUT2D eigenvalue weighted by Gasteiger charge is -2.31. The molecule has 0 bridgehead atoms. The van der Waals surface area contributed by atoms with Crippen molar-refractivity contribution in [1.82, 2.24) is 14.5 Å². The summed E-state index contributed by atoms with van der Waals surface area (Å²) in [7, 11) is -3.50. The summed E-state index contributed by atoms with van der Waals surface area (Å²) in [4.78, 5) is 29.5. The predicted molar refractivity (Wildman–Crippen MR) is 159 cm³/mol. The maximum atomic E-state index is 13.9. The van der Waals surface area contributed by atoms with Crippen LogP contribution in [0.5, 0.6) is 0 Å². The van der Waals surface area contributed by atoms with E-state index in [4.69, 9.17) is 4.42 Å². The zero-order valence-corrected chi connectivity index (χ0v) is 24.2. The van der Waals surface area contributed by atoms with Crippen LogP contribution in [0, 0.1) is 0 Å². The number of hydrogen-bond donors (Lipinski definition) is 1. The molecule has 4 aromatic rings. The maximum absolute atomic E-state index is 13.9. The summed E-state index contributed by atoms with van der Waals surface area (Å²) in [5.74, 6) is 0.124. The first kappa shape index (κ1) is 29.3. The lowest BCUT2D eigenvalue weighted by atomic mass is 10.0. The molecule has 1 aliphatic rings. The van der Waals surface area contributed by atoms with Crippen LogP contribution >= 0.6 is 0 Å². The van der Waals surface area contributed by atoms with Gasteiger partial charge in [0.1, 0.15) is 11.8 Å². The van der Waals surface area contributed by atoms with Crippen molar-refractivity contribution in [3.63, 3.8) is 0 Å². The van der Waals surface area contributed by atoms with Crippen molar-refractivity contribution in [3.05, 3.63) is 126 Å². The van der Waals surface area contributed by atoms with Crippen molar-refractivity contribution < 1.29 is 22.4 Å². The molecule has 9 heteroatoms. The number of nitrogens with zero attached hydrogens (tertiary/aromatic N) is 2. The van der Waals surface area contributed by atoms with Crippen LogP contribution in [0.2, 0.25) is 0 Å². The van der Waals surface area contributed by atoms with E-state index in [2.05, 4.69) is 5.32 Å². The molecule has 1 fully saturated rings. The maximum Gasteiger partial charge on any atom is 0.247 e. The number of aryl methyl sites for hydroxylation is 1. The van der Waals surface area contributed by atoms with Crippen LogP contribution in [0.1, 0.15) is 47.8 Å². The Hall–Kier alpha value is -4.21. The molecule has 0 spiro atoms. The molecule has 218 valence electrons. The second-order valence-electron chi connectivity index (χ2n) is 10.4. The van der Waals surface area contributed by atoms with Gasteiger partial charge in [0.25, 0.3) is 0 Å². The molecule has 0 saturated carbocycles. The van der Waals surface area contributed by atoms with Gasteiger partial charge in [-0.3, -0.25) is 9.59 Å². The second-order valence-corrected chi connectivity index (χ2v) is 12.3. The third kappa shape index (κ3) is 7.16. The Balaban J connectivity index is 1.35. The van der Waals surface area contributed by atoms with Crippen LogP contribution < -0.4 is 5.32 Å². The quantitative estimate of drug-likeness (QED) is 0.250. The number of furan rings is 1. The smallest absolute Gasteiger partial charge is 0.247 e. The number of carbonyl (C=O) groups excluding carboxylic acids is 2. The van der Waals surface area contributed by atoms with Gasteiger partial charge in [-0.15, -0.1) is 0 Å². The van der Waals surface area contributed by atoms with E-state index < -0.39 is 16.1 Å². The zero-order chi connectivity index (χ0) is 29.4. The van der Waals surface area contributed by atoms with Crippen LogP contribution in [0.25, 0.3) is 0 Å². The normalized spacial score (nSPS) is 14.4. The molecule has 5 rings (SSSR count). The number of amides is 2. The summed E-state index contributed by atoms with van der Waals surface area (Å²) in [6.07, 6.45) is 3.87. The van der Waals surface area contributed by atoms with Crippen LogP contribution in [0.3, 0.4) is 0 Å².